The Morgan fingerprint density at radius 1 is 0.446 bits per heavy atom. The molecule has 0 aromatic carbocycles. The van der Waals surface area contributed by atoms with Crippen LogP contribution in [0.15, 0.2) is 0 Å². The lowest BCUT2D eigenvalue weighted by Crippen LogP contribution is -2.43. The Morgan fingerprint density at radius 2 is 0.857 bits per heavy atom. The molecule has 0 aliphatic rings. The van der Waals surface area contributed by atoms with E-state index in [9.17, 15) is 14.4 Å². The molecule has 1 unspecified atom stereocenters. The highest BCUT2D eigenvalue weighted by atomic mass is 16.6. The van der Waals surface area contributed by atoms with Crippen LogP contribution in [0.5, 0.6) is 0 Å². The topological polar surface area (TPSA) is 112 Å². The van der Waals surface area contributed by atoms with E-state index in [4.69, 9.17) is 18.9 Å². The predicted molar refractivity (Wildman–Crippen MR) is 233 cm³/mol. The summed E-state index contributed by atoms with van der Waals surface area (Å²) in [5.74, 6) is -0.362. The molecule has 0 heterocycles. The minimum absolute atomic E-state index is 0.00569. The van der Waals surface area contributed by atoms with Gasteiger partial charge < -0.3 is 29.6 Å². The second-order valence-corrected chi connectivity index (χ2v) is 16.2. The van der Waals surface area contributed by atoms with Crippen molar-refractivity contribution in [2.45, 2.75) is 238 Å². The number of hydrogen-bond acceptors (Lipinski definition) is 7. The summed E-state index contributed by atoms with van der Waals surface area (Å²) in [6.45, 7) is 6.68. The van der Waals surface area contributed by atoms with Gasteiger partial charge in [-0.15, -0.1) is 0 Å². The van der Waals surface area contributed by atoms with Gasteiger partial charge in [0.25, 0.3) is 0 Å². The molecule has 0 saturated carbocycles. The van der Waals surface area contributed by atoms with Gasteiger partial charge in [-0.3, -0.25) is 9.59 Å². The molecule has 0 bridgehead atoms. The smallest absolute Gasteiger partial charge is 0.407 e. The molecule has 1 atom stereocenters. The molecule has 9 nitrogen and oxygen atoms in total. The molecule has 2 N–H and O–H groups in total. The fourth-order valence-electron chi connectivity index (χ4n) is 6.99. The van der Waals surface area contributed by atoms with Crippen LogP contribution < -0.4 is 10.6 Å². The minimum Gasteiger partial charge on any atom is -0.463 e. The van der Waals surface area contributed by atoms with Crippen molar-refractivity contribution < 1.29 is 33.3 Å². The lowest BCUT2D eigenvalue weighted by Gasteiger charge is -2.19. The molecule has 2 amide bonds. The van der Waals surface area contributed by atoms with E-state index in [1.165, 1.54) is 154 Å². The van der Waals surface area contributed by atoms with E-state index in [1.54, 1.807) is 7.11 Å². The Balaban J connectivity index is 4.24. The first-order valence-electron chi connectivity index (χ1n) is 24.0. The number of rotatable bonds is 45. The molecule has 9 heteroatoms. The van der Waals surface area contributed by atoms with Crippen LogP contribution in [0.3, 0.4) is 0 Å². The van der Waals surface area contributed by atoms with Crippen molar-refractivity contribution >= 4 is 18.0 Å². The average molecular weight is 797 g/mol. The number of carbonyl (C=O) groups excluding carboxylic acids is 3. The number of amides is 2. The van der Waals surface area contributed by atoms with Gasteiger partial charge in [0.2, 0.25) is 5.91 Å². The number of ether oxygens (including phenoxy) is 4. The molecule has 0 aromatic rings. The van der Waals surface area contributed by atoms with Crippen LogP contribution in [0.2, 0.25) is 0 Å². The maximum absolute atomic E-state index is 12.8. The minimum atomic E-state index is -0.580. The van der Waals surface area contributed by atoms with Crippen LogP contribution in [0.1, 0.15) is 232 Å². The van der Waals surface area contributed by atoms with Gasteiger partial charge in [-0.2, -0.15) is 0 Å². The van der Waals surface area contributed by atoms with Crippen molar-refractivity contribution in [3.8, 4) is 0 Å². The molecule has 0 spiro atoms. The summed E-state index contributed by atoms with van der Waals surface area (Å²) in [6.07, 6.45) is 40.2. The first-order valence-corrected chi connectivity index (χ1v) is 24.0. The van der Waals surface area contributed by atoms with Crippen molar-refractivity contribution in [2.24, 2.45) is 0 Å². The maximum atomic E-state index is 12.8. The molecule has 0 rings (SSSR count). The zero-order valence-corrected chi connectivity index (χ0v) is 37.2. The average Bonchev–Trinajstić information content (AvgIpc) is 3.19. The van der Waals surface area contributed by atoms with E-state index < -0.39 is 12.1 Å². The Hall–Kier alpha value is -1.87. The Bertz CT molecular complexity index is 843. The molecule has 56 heavy (non-hydrogen) atoms. The molecular weight excluding hydrogens is 705 g/mol. The number of methoxy groups -OCH3 is 1. The van der Waals surface area contributed by atoms with Crippen LogP contribution >= 0.6 is 0 Å². The molecular formula is C47H92N2O7. The summed E-state index contributed by atoms with van der Waals surface area (Å²) < 4.78 is 21.4. The Labute approximate surface area is 346 Å². The van der Waals surface area contributed by atoms with Gasteiger partial charge in [-0.1, -0.05) is 194 Å². The number of carbonyl (C=O) groups is 3. The molecule has 332 valence electrons. The second-order valence-electron chi connectivity index (χ2n) is 16.2. The van der Waals surface area contributed by atoms with Gasteiger partial charge in [-0.25, -0.2) is 4.79 Å². The van der Waals surface area contributed by atoms with Gasteiger partial charge in [0, 0.05) is 33.1 Å². The normalized spacial score (nSPS) is 11.8. The molecule has 0 saturated heterocycles. The number of nitrogens with one attached hydrogen (secondary N) is 2. The zero-order valence-electron chi connectivity index (χ0n) is 37.2. The largest absolute Gasteiger partial charge is 0.463 e. The van der Waals surface area contributed by atoms with Crippen LogP contribution in [-0.2, 0) is 28.5 Å². The fourth-order valence-corrected chi connectivity index (χ4v) is 6.99. The van der Waals surface area contributed by atoms with Gasteiger partial charge in [0.05, 0.1) is 19.3 Å². The van der Waals surface area contributed by atoms with Gasteiger partial charge >= 0.3 is 12.1 Å². The van der Waals surface area contributed by atoms with Gasteiger partial charge in [0.1, 0.15) is 13.2 Å². The lowest BCUT2D eigenvalue weighted by molar-refractivity contribution is -0.145. The van der Waals surface area contributed by atoms with Crippen molar-refractivity contribution in [3.63, 3.8) is 0 Å². The fraction of sp³-hybridized carbons (Fsp3) is 0.936. The standard InChI is InChI=1S/C47H92N2O7/c1-4-6-8-10-12-14-16-18-20-22-24-26-28-30-32-36-45(50)49-44(43-56-47(52)48-38-34-35-39-54-41-40-53-3)42-55-46(51)37-33-31-29-27-25-23-21-19-17-15-13-11-9-7-5-2/h44H,4-43H2,1-3H3,(H,48,52)(H,49,50). The summed E-state index contributed by atoms with van der Waals surface area (Å²) in [7, 11) is 1.64. The number of hydrogen-bond donors (Lipinski definition) is 2. The highest BCUT2D eigenvalue weighted by Crippen LogP contribution is 2.15. The van der Waals surface area contributed by atoms with E-state index >= 15 is 0 Å². The highest BCUT2D eigenvalue weighted by Gasteiger charge is 2.17. The highest BCUT2D eigenvalue weighted by molar-refractivity contribution is 5.76. The van der Waals surface area contributed by atoms with Crippen molar-refractivity contribution in [2.75, 3.05) is 46.7 Å². The number of esters is 1. The van der Waals surface area contributed by atoms with E-state index in [2.05, 4.69) is 24.5 Å². The van der Waals surface area contributed by atoms with E-state index in [0.717, 1.165) is 51.4 Å². The van der Waals surface area contributed by atoms with Gasteiger partial charge in [-0.05, 0) is 25.7 Å². The summed E-state index contributed by atoms with van der Waals surface area (Å²) in [4.78, 5) is 37.7. The second kappa shape index (κ2) is 45.8. The molecule has 0 aliphatic carbocycles. The third kappa shape index (κ3) is 43.3. The monoisotopic (exact) mass is 797 g/mol. The van der Waals surface area contributed by atoms with Crippen LogP contribution in [0, 0.1) is 0 Å². The van der Waals surface area contributed by atoms with Crippen LogP contribution in [-0.4, -0.2) is 70.7 Å². The van der Waals surface area contributed by atoms with E-state index in [0.29, 0.717) is 39.2 Å². The SMILES string of the molecule is CCCCCCCCCCCCCCCCCC(=O)NC(COC(=O)CCCCCCCCCCCCCCCCC)COC(=O)NCCCCOCCOC. The summed E-state index contributed by atoms with van der Waals surface area (Å²) in [5, 5.41) is 5.70. The quantitative estimate of drug-likeness (QED) is 0.0466. The summed E-state index contributed by atoms with van der Waals surface area (Å²) in [5.41, 5.74) is 0. The van der Waals surface area contributed by atoms with Crippen LogP contribution in [0.4, 0.5) is 4.79 Å². The zero-order chi connectivity index (χ0) is 40.8. The summed E-state index contributed by atoms with van der Waals surface area (Å²) in [6, 6.07) is -0.580. The molecule has 0 aliphatic heterocycles. The maximum Gasteiger partial charge on any atom is 0.407 e. The summed E-state index contributed by atoms with van der Waals surface area (Å²) >= 11 is 0. The number of alkyl carbamates (subject to hydrolysis) is 1. The van der Waals surface area contributed by atoms with Gasteiger partial charge in [0.15, 0.2) is 0 Å². The third-order valence-electron chi connectivity index (χ3n) is 10.6. The van der Waals surface area contributed by atoms with E-state index in [1.807, 2.05) is 0 Å². The Kier molecular flexibility index (Phi) is 44.3. The molecule has 0 fully saturated rings. The third-order valence-corrected chi connectivity index (χ3v) is 10.6. The van der Waals surface area contributed by atoms with Crippen molar-refractivity contribution in [3.05, 3.63) is 0 Å². The number of unbranched alkanes of at least 4 members (excludes halogenated alkanes) is 29. The predicted octanol–water partition coefficient (Wildman–Crippen LogP) is 12.7. The lowest BCUT2D eigenvalue weighted by atomic mass is 10.0. The first-order chi connectivity index (χ1) is 27.5. The van der Waals surface area contributed by atoms with E-state index in [-0.39, 0.29) is 25.1 Å². The van der Waals surface area contributed by atoms with Crippen molar-refractivity contribution in [1.29, 1.82) is 0 Å². The first kappa shape index (κ1) is 54.1. The molecule has 0 radical (unpaired) electrons. The van der Waals surface area contributed by atoms with Crippen molar-refractivity contribution in [1.82, 2.24) is 10.6 Å². The van der Waals surface area contributed by atoms with Crippen LogP contribution in [0.25, 0.3) is 0 Å². The molecule has 0 aromatic heterocycles. The Morgan fingerprint density at radius 3 is 1.30 bits per heavy atom.